The van der Waals surface area contributed by atoms with Crippen LogP contribution in [0.2, 0.25) is 10.0 Å². The Morgan fingerprint density at radius 2 is 1.58 bits per heavy atom. The van der Waals surface area contributed by atoms with Gasteiger partial charge in [0, 0.05) is 25.3 Å². The van der Waals surface area contributed by atoms with E-state index >= 15 is 0 Å². The van der Waals surface area contributed by atoms with Crippen molar-refractivity contribution in [2.45, 2.75) is 0 Å². The first kappa shape index (κ1) is 18.1. The fourth-order valence-electron chi connectivity index (χ4n) is 2.04. The molecule has 0 radical (unpaired) electrons. The molecule has 0 heterocycles. The monoisotopic (exact) mass is 366 g/mol. The van der Waals surface area contributed by atoms with E-state index in [9.17, 15) is 9.59 Å². The van der Waals surface area contributed by atoms with Crippen LogP contribution in [0.4, 0.5) is 10.5 Å². The average Bonchev–Trinajstić information content (AvgIpc) is 2.61. The number of halogens is 2. The lowest BCUT2D eigenvalue weighted by molar-refractivity contribution is 0.0837. The van der Waals surface area contributed by atoms with E-state index in [1.54, 1.807) is 56.6 Å². The number of rotatable bonds is 3. The minimum atomic E-state index is -0.491. The first-order valence-electron chi connectivity index (χ1n) is 7.00. The molecular weight excluding hydrogens is 351 g/mol. The SMILES string of the molecule is COc1ccc(C(=O)N(C)C(=O)N(C)c2ccc(Cl)c(Cl)c2)cc1. The summed E-state index contributed by atoms with van der Waals surface area (Å²) in [5, 5.41) is 0.724. The van der Waals surface area contributed by atoms with Gasteiger partial charge in [0.05, 0.1) is 17.2 Å². The summed E-state index contributed by atoms with van der Waals surface area (Å²) in [4.78, 5) is 27.3. The molecule has 0 spiro atoms. The van der Waals surface area contributed by atoms with E-state index in [1.165, 1.54) is 11.9 Å². The number of urea groups is 1. The highest BCUT2D eigenvalue weighted by Gasteiger charge is 2.23. The highest BCUT2D eigenvalue weighted by molar-refractivity contribution is 6.42. The smallest absolute Gasteiger partial charge is 0.330 e. The summed E-state index contributed by atoms with van der Waals surface area (Å²) in [6.45, 7) is 0. The van der Waals surface area contributed by atoms with Gasteiger partial charge in [-0.3, -0.25) is 14.6 Å². The van der Waals surface area contributed by atoms with Crippen molar-refractivity contribution in [2.24, 2.45) is 0 Å². The van der Waals surface area contributed by atoms with E-state index < -0.39 is 11.9 Å². The molecule has 2 rings (SSSR count). The molecule has 0 N–H and O–H groups in total. The van der Waals surface area contributed by atoms with Gasteiger partial charge >= 0.3 is 6.03 Å². The van der Waals surface area contributed by atoms with Gasteiger partial charge in [0.2, 0.25) is 0 Å². The second kappa shape index (κ2) is 7.55. The van der Waals surface area contributed by atoms with E-state index in [0.717, 1.165) is 4.90 Å². The standard InChI is InChI=1S/C17H16Cl2N2O3/c1-20(12-6-9-14(18)15(19)10-12)17(23)21(2)16(22)11-4-7-13(24-3)8-5-11/h4-10H,1-3H3. The van der Waals surface area contributed by atoms with Crippen LogP contribution >= 0.6 is 23.2 Å². The molecular formula is C17H16Cl2N2O3. The van der Waals surface area contributed by atoms with Gasteiger partial charge in [-0.1, -0.05) is 23.2 Å². The van der Waals surface area contributed by atoms with Crippen molar-refractivity contribution in [3.8, 4) is 5.75 Å². The van der Waals surface area contributed by atoms with Crippen molar-refractivity contribution >= 4 is 40.8 Å². The van der Waals surface area contributed by atoms with Gasteiger partial charge in [-0.05, 0) is 42.5 Å². The fourth-order valence-corrected chi connectivity index (χ4v) is 2.34. The average molecular weight is 367 g/mol. The maximum Gasteiger partial charge on any atom is 0.330 e. The molecule has 2 aromatic rings. The number of hydrogen-bond donors (Lipinski definition) is 0. The molecule has 7 heteroatoms. The molecule has 0 saturated carbocycles. The number of anilines is 1. The fraction of sp³-hybridized carbons (Fsp3) is 0.176. The van der Waals surface area contributed by atoms with Gasteiger partial charge < -0.3 is 4.74 Å². The predicted octanol–water partition coefficient (Wildman–Crippen LogP) is 4.33. The lowest BCUT2D eigenvalue weighted by atomic mass is 10.2. The van der Waals surface area contributed by atoms with E-state index in [4.69, 9.17) is 27.9 Å². The molecule has 0 unspecified atom stereocenters. The Morgan fingerprint density at radius 3 is 2.12 bits per heavy atom. The molecule has 0 aliphatic heterocycles. The summed E-state index contributed by atoms with van der Waals surface area (Å²) in [7, 11) is 4.52. The van der Waals surface area contributed by atoms with Crippen molar-refractivity contribution in [1.82, 2.24) is 4.90 Å². The maximum absolute atomic E-state index is 12.5. The van der Waals surface area contributed by atoms with E-state index in [-0.39, 0.29) is 0 Å². The third-order valence-electron chi connectivity index (χ3n) is 3.51. The third kappa shape index (κ3) is 3.80. The molecule has 126 valence electrons. The quantitative estimate of drug-likeness (QED) is 0.811. The van der Waals surface area contributed by atoms with Gasteiger partial charge in [-0.2, -0.15) is 0 Å². The van der Waals surface area contributed by atoms with E-state index in [1.807, 2.05) is 0 Å². The largest absolute Gasteiger partial charge is 0.497 e. The van der Waals surface area contributed by atoms with Crippen LogP contribution in [-0.4, -0.2) is 38.0 Å². The highest BCUT2D eigenvalue weighted by Crippen LogP contribution is 2.27. The first-order chi connectivity index (χ1) is 11.3. The van der Waals surface area contributed by atoms with Crippen LogP contribution in [0.15, 0.2) is 42.5 Å². The van der Waals surface area contributed by atoms with Crippen molar-refractivity contribution in [3.05, 3.63) is 58.1 Å². The molecule has 0 fully saturated rings. The second-order valence-electron chi connectivity index (χ2n) is 5.03. The number of benzene rings is 2. The Labute approximate surface area is 150 Å². The number of carbonyl (C=O) groups is 2. The zero-order valence-electron chi connectivity index (χ0n) is 13.4. The summed E-state index contributed by atoms with van der Waals surface area (Å²) >= 11 is 11.8. The lowest BCUT2D eigenvalue weighted by Gasteiger charge is -2.24. The Morgan fingerprint density at radius 1 is 0.958 bits per heavy atom. The lowest BCUT2D eigenvalue weighted by Crippen LogP contribution is -2.42. The van der Waals surface area contributed by atoms with Gasteiger partial charge in [0.15, 0.2) is 0 Å². The van der Waals surface area contributed by atoms with E-state index in [0.29, 0.717) is 27.0 Å². The third-order valence-corrected chi connectivity index (χ3v) is 4.24. The minimum absolute atomic E-state index is 0.331. The Balaban J connectivity index is 2.17. The number of nitrogens with zero attached hydrogens (tertiary/aromatic N) is 2. The summed E-state index contributed by atoms with van der Waals surface area (Å²) in [5.74, 6) is 0.211. The van der Waals surface area contributed by atoms with Crippen LogP contribution < -0.4 is 9.64 Å². The van der Waals surface area contributed by atoms with Crippen LogP contribution in [0.5, 0.6) is 5.75 Å². The number of amides is 3. The van der Waals surface area contributed by atoms with E-state index in [2.05, 4.69) is 0 Å². The summed E-state index contributed by atoms with van der Waals surface area (Å²) in [6.07, 6.45) is 0. The summed E-state index contributed by atoms with van der Waals surface area (Å²) < 4.78 is 5.05. The Kier molecular flexibility index (Phi) is 5.70. The molecule has 0 aliphatic carbocycles. The molecule has 0 aromatic heterocycles. The molecule has 5 nitrogen and oxygen atoms in total. The Hall–Kier alpha value is -2.24. The molecule has 0 aliphatic rings. The van der Waals surface area contributed by atoms with Crippen LogP contribution in [-0.2, 0) is 0 Å². The van der Waals surface area contributed by atoms with Crippen molar-refractivity contribution in [1.29, 1.82) is 0 Å². The molecule has 3 amide bonds. The normalized spacial score (nSPS) is 10.2. The number of methoxy groups -OCH3 is 1. The molecule has 0 atom stereocenters. The van der Waals surface area contributed by atoms with Crippen LogP contribution in [0.3, 0.4) is 0 Å². The van der Waals surface area contributed by atoms with Gasteiger partial charge in [-0.25, -0.2) is 4.79 Å². The van der Waals surface area contributed by atoms with Gasteiger partial charge in [0.25, 0.3) is 5.91 Å². The molecule has 0 saturated heterocycles. The first-order valence-corrected chi connectivity index (χ1v) is 7.75. The van der Waals surface area contributed by atoms with Crippen molar-refractivity contribution in [3.63, 3.8) is 0 Å². The second-order valence-corrected chi connectivity index (χ2v) is 5.85. The summed E-state index contributed by atoms with van der Waals surface area (Å²) in [5.41, 5.74) is 0.915. The topological polar surface area (TPSA) is 49.9 Å². The van der Waals surface area contributed by atoms with Crippen molar-refractivity contribution < 1.29 is 14.3 Å². The predicted molar refractivity (Wildman–Crippen MR) is 95.3 cm³/mol. The molecule has 2 aromatic carbocycles. The highest BCUT2D eigenvalue weighted by atomic mass is 35.5. The zero-order valence-corrected chi connectivity index (χ0v) is 14.9. The van der Waals surface area contributed by atoms with Gasteiger partial charge in [0.1, 0.15) is 5.75 Å². The number of imide groups is 1. The number of ether oxygens (including phenoxy) is 1. The Bertz CT molecular complexity index is 763. The zero-order chi connectivity index (χ0) is 17.9. The van der Waals surface area contributed by atoms with Crippen LogP contribution in [0.25, 0.3) is 0 Å². The number of hydrogen-bond acceptors (Lipinski definition) is 3. The minimum Gasteiger partial charge on any atom is -0.497 e. The van der Waals surface area contributed by atoms with Gasteiger partial charge in [-0.15, -0.1) is 0 Å². The number of carbonyl (C=O) groups excluding carboxylic acids is 2. The molecule has 24 heavy (non-hydrogen) atoms. The van der Waals surface area contributed by atoms with Crippen molar-refractivity contribution in [2.75, 3.05) is 26.1 Å². The molecule has 0 bridgehead atoms. The maximum atomic E-state index is 12.5. The van der Waals surface area contributed by atoms with Crippen LogP contribution in [0.1, 0.15) is 10.4 Å². The van der Waals surface area contributed by atoms with Crippen LogP contribution in [0, 0.1) is 0 Å². The summed E-state index contributed by atoms with van der Waals surface area (Å²) in [6, 6.07) is 10.8.